The Labute approximate surface area is 199 Å². The fourth-order valence-corrected chi connectivity index (χ4v) is 4.19. The number of alkyl carbamates (subject to hydrolysis) is 1. The number of fused-ring (bicyclic) bond motifs is 3. The zero-order valence-electron chi connectivity index (χ0n) is 17.8. The fourth-order valence-electron chi connectivity index (χ4n) is 3.98. The summed E-state index contributed by atoms with van der Waals surface area (Å²) in [5, 5.41) is 13.8. The number of halogens is 2. The van der Waals surface area contributed by atoms with Gasteiger partial charge in [0.1, 0.15) is 18.5 Å². The Bertz CT molecular complexity index is 1220. The third-order valence-electron chi connectivity index (χ3n) is 5.52. The van der Waals surface area contributed by atoms with E-state index in [9.17, 15) is 23.9 Å². The van der Waals surface area contributed by atoms with Gasteiger partial charge in [-0.1, -0.05) is 60.1 Å². The molecule has 1 aliphatic rings. The predicted molar refractivity (Wildman–Crippen MR) is 124 cm³/mol. The number of nitrogens with one attached hydrogen (secondary N) is 2. The molecule has 0 aromatic heterocycles. The van der Waals surface area contributed by atoms with Crippen molar-refractivity contribution in [2.75, 3.05) is 11.9 Å². The number of hydrogen-bond donors (Lipinski definition) is 3. The Kier molecular flexibility index (Phi) is 6.79. The predicted octanol–water partition coefficient (Wildman–Crippen LogP) is 4.80. The van der Waals surface area contributed by atoms with E-state index in [1.165, 1.54) is 6.07 Å². The van der Waals surface area contributed by atoms with E-state index in [-0.39, 0.29) is 23.2 Å². The summed E-state index contributed by atoms with van der Waals surface area (Å²) in [6.07, 6.45) is -1.62. The molecule has 0 saturated heterocycles. The molecule has 3 N–H and O–H groups in total. The van der Waals surface area contributed by atoms with Gasteiger partial charge in [-0.15, -0.1) is 0 Å². The molecule has 0 heterocycles. The molecule has 1 unspecified atom stereocenters. The second kappa shape index (κ2) is 9.93. The third-order valence-corrected chi connectivity index (χ3v) is 5.83. The molecule has 3 aromatic rings. The highest BCUT2D eigenvalue weighted by molar-refractivity contribution is 6.33. The van der Waals surface area contributed by atoms with E-state index in [4.69, 9.17) is 16.3 Å². The van der Waals surface area contributed by atoms with Crippen LogP contribution in [-0.4, -0.2) is 35.7 Å². The van der Waals surface area contributed by atoms with Crippen molar-refractivity contribution >= 4 is 35.3 Å². The molecule has 0 bridgehead atoms. The quantitative estimate of drug-likeness (QED) is 0.448. The van der Waals surface area contributed by atoms with E-state index in [2.05, 4.69) is 10.6 Å². The van der Waals surface area contributed by atoms with Crippen molar-refractivity contribution in [2.45, 2.75) is 18.4 Å². The molecule has 0 fully saturated rings. The van der Waals surface area contributed by atoms with Gasteiger partial charge in [-0.3, -0.25) is 9.59 Å². The maximum Gasteiger partial charge on any atom is 0.407 e. The Balaban J connectivity index is 1.43. The smallest absolute Gasteiger partial charge is 0.407 e. The first kappa shape index (κ1) is 23.3. The Morgan fingerprint density at radius 1 is 1.00 bits per heavy atom. The highest BCUT2D eigenvalue weighted by atomic mass is 35.5. The molecule has 0 radical (unpaired) electrons. The van der Waals surface area contributed by atoms with Gasteiger partial charge in [0, 0.05) is 5.92 Å². The molecule has 2 amide bonds. The van der Waals surface area contributed by atoms with Crippen LogP contribution in [0, 0.1) is 5.82 Å². The molecule has 1 aliphatic carbocycles. The van der Waals surface area contributed by atoms with E-state index in [1.54, 1.807) is 0 Å². The zero-order chi connectivity index (χ0) is 24.2. The first-order valence-electron chi connectivity index (χ1n) is 10.4. The summed E-state index contributed by atoms with van der Waals surface area (Å²) in [5.41, 5.74) is 4.24. The van der Waals surface area contributed by atoms with Gasteiger partial charge in [0.05, 0.1) is 17.1 Å². The maximum atomic E-state index is 13.2. The van der Waals surface area contributed by atoms with Crippen LogP contribution in [0.15, 0.2) is 66.7 Å². The molecule has 9 heteroatoms. The van der Waals surface area contributed by atoms with Crippen LogP contribution in [0.1, 0.15) is 23.5 Å². The van der Waals surface area contributed by atoms with Crippen LogP contribution < -0.4 is 10.6 Å². The van der Waals surface area contributed by atoms with E-state index < -0.39 is 36.2 Å². The minimum atomic E-state index is -1.44. The molecular weight excluding hydrogens is 463 g/mol. The lowest BCUT2D eigenvalue weighted by Gasteiger charge is -2.19. The van der Waals surface area contributed by atoms with Crippen molar-refractivity contribution in [2.24, 2.45) is 0 Å². The average molecular weight is 483 g/mol. The molecular formula is C25H20ClFN2O5. The molecule has 0 spiro atoms. The molecule has 0 saturated carbocycles. The van der Waals surface area contributed by atoms with Crippen LogP contribution in [0.2, 0.25) is 5.02 Å². The number of carboxylic acid groups (broad SMARTS) is 1. The van der Waals surface area contributed by atoms with Crippen LogP contribution in [0.3, 0.4) is 0 Å². The highest BCUT2D eigenvalue weighted by Crippen LogP contribution is 2.44. The lowest BCUT2D eigenvalue weighted by atomic mass is 9.98. The summed E-state index contributed by atoms with van der Waals surface area (Å²) in [6.45, 7) is 0.00502. The number of hydrogen-bond acceptors (Lipinski definition) is 4. The van der Waals surface area contributed by atoms with E-state index in [0.717, 1.165) is 34.4 Å². The van der Waals surface area contributed by atoms with Crippen LogP contribution in [0.5, 0.6) is 0 Å². The second-order valence-corrected chi connectivity index (χ2v) is 8.14. The Morgan fingerprint density at radius 3 is 2.21 bits per heavy atom. The molecule has 4 rings (SSSR count). The van der Waals surface area contributed by atoms with Gasteiger partial charge in [0.2, 0.25) is 5.91 Å². The van der Waals surface area contributed by atoms with Crippen molar-refractivity contribution in [1.29, 1.82) is 0 Å². The first-order valence-corrected chi connectivity index (χ1v) is 10.8. The standard InChI is InChI=1S/C25H20ClFN2O5/c26-20-11-14(27)9-10-21(20)28-24(32)22(12-23(30)31)29-25(33)34-13-19-17-7-3-1-5-15(17)16-6-2-4-8-18(16)19/h1-11,19,22H,12-13H2,(H,28,32)(H,29,33)(H,30,31). The van der Waals surface area contributed by atoms with Gasteiger partial charge in [-0.05, 0) is 40.5 Å². The number of ether oxygens (including phenoxy) is 1. The van der Waals surface area contributed by atoms with Crippen LogP contribution in [0.4, 0.5) is 14.9 Å². The van der Waals surface area contributed by atoms with Crippen LogP contribution in [-0.2, 0) is 14.3 Å². The van der Waals surface area contributed by atoms with Crippen LogP contribution in [0.25, 0.3) is 11.1 Å². The summed E-state index contributed by atoms with van der Waals surface area (Å²) in [5.74, 6) is -2.92. The minimum absolute atomic E-state index is 0.00502. The average Bonchev–Trinajstić information content (AvgIpc) is 3.12. The number of carbonyl (C=O) groups excluding carboxylic acids is 2. The van der Waals surface area contributed by atoms with Gasteiger partial charge < -0.3 is 20.5 Å². The number of amides is 2. The second-order valence-electron chi connectivity index (χ2n) is 7.73. The number of rotatable bonds is 7. The van der Waals surface area contributed by atoms with Crippen molar-refractivity contribution < 1.29 is 28.6 Å². The summed E-state index contributed by atoms with van der Waals surface area (Å²) >= 11 is 5.91. The van der Waals surface area contributed by atoms with E-state index in [0.29, 0.717) is 0 Å². The topological polar surface area (TPSA) is 105 Å². The van der Waals surface area contributed by atoms with E-state index in [1.807, 2.05) is 48.5 Å². The Hall–Kier alpha value is -3.91. The van der Waals surface area contributed by atoms with Gasteiger partial charge in [0.15, 0.2) is 0 Å². The summed E-state index contributed by atoms with van der Waals surface area (Å²) < 4.78 is 18.6. The number of anilines is 1. The third kappa shape index (κ3) is 5.02. The number of benzene rings is 3. The molecule has 3 aromatic carbocycles. The Morgan fingerprint density at radius 2 is 1.62 bits per heavy atom. The maximum absolute atomic E-state index is 13.2. The fraction of sp³-hybridized carbons (Fsp3) is 0.160. The lowest BCUT2D eigenvalue weighted by molar-refractivity contribution is -0.139. The summed E-state index contributed by atoms with van der Waals surface area (Å²) in [7, 11) is 0. The zero-order valence-corrected chi connectivity index (χ0v) is 18.5. The lowest BCUT2D eigenvalue weighted by Crippen LogP contribution is -2.45. The summed E-state index contributed by atoms with van der Waals surface area (Å²) in [4.78, 5) is 36.4. The van der Waals surface area contributed by atoms with Gasteiger partial charge in [-0.25, -0.2) is 9.18 Å². The normalized spacial score (nSPS) is 12.9. The number of carbonyl (C=O) groups is 3. The minimum Gasteiger partial charge on any atom is -0.481 e. The number of aliphatic carboxylic acids is 1. The number of carboxylic acids is 1. The van der Waals surface area contributed by atoms with Gasteiger partial charge in [0.25, 0.3) is 0 Å². The molecule has 0 aliphatic heterocycles. The molecule has 174 valence electrons. The first-order chi connectivity index (χ1) is 16.3. The SMILES string of the molecule is O=C(O)CC(NC(=O)OCC1c2ccccc2-c2ccccc21)C(=O)Nc1ccc(F)cc1Cl. The van der Waals surface area contributed by atoms with Crippen molar-refractivity contribution in [3.8, 4) is 11.1 Å². The highest BCUT2D eigenvalue weighted by Gasteiger charge is 2.30. The molecule has 1 atom stereocenters. The monoisotopic (exact) mass is 482 g/mol. The largest absolute Gasteiger partial charge is 0.481 e. The van der Waals surface area contributed by atoms with Crippen molar-refractivity contribution in [1.82, 2.24) is 5.32 Å². The van der Waals surface area contributed by atoms with Crippen molar-refractivity contribution in [3.05, 3.63) is 88.7 Å². The summed E-state index contributed by atoms with van der Waals surface area (Å²) in [6, 6.07) is 17.5. The van der Waals surface area contributed by atoms with Crippen molar-refractivity contribution in [3.63, 3.8) is 0 Å². The molecule has 7 nitrogen and oxygen atoms in total. The molecule has 34 heavy (non-hydrogen) atoms. The van der Waals surface area contributed by atoms with Crippen LogP contribution >= 0.6 is 11.6 Å². The van der Waals surface area contributed by atoms with E-state index >= 15 is 0 Å². The van der Waals surface area contributed by atoms with Gasteiger partial charge >= 0.3 is 12.1 Å². The van der Waals surface area contributed by atoms with Gasteiger partial charge in [-0.2, -0.15) is 0 Å².